The quantitative estimate of drug-likeness (QED) is 0.616. The van der Waals surface area contributed by atoms with Crippen LogP contribution >= 0.6 is 0 Å². The summed E-state index contributed by atoms with van der Waals surface area (Å²) in [4.78, 5) is 26.5. The van der Waals surface area contributed by atoms with E-state index in [1.807, 2.05) is 12.1 Å². The molecule has 0 bridgehead atoms. The van der Waals surface area contributed by atoms with E-state index in [1.54, 1.807) is 24.3 Å². The van der Waals surface area contributed by atoms with E-state index in [0.717, 1.165) is 18.8 Å². The molecule has 1 heterocycles. The number of amides is 2. The van der Waals surface area contributed by atoms with Crippen molar-refractivity contribution in [2.75, 3.05) is 13.2 Å². The van der Waals surface area contributed by atoms with Crippen molar-refractivity contribution in [1.29, 1.82) is 0 Å². The van der Waals surface area contributed by atoms with E-state index in [4.69, 9.17) is 4.74 Å². The Morgan fingerprint density at radius 2 is 1.66 bits per heavy atom. The van der Waals surface area contributed by atoms with Gasteiger partial charge in [-0.05, 0) is 60.9 Å². The maximum absolute atomic E-state index is 12.6. The van der Waals surface area contributed by atoms with Crippen molar-refractivity contribution in [3.63, 3.8) is 0 Å². The van der Waals surface area contributed by atoms with Gasteiger partial charge in [-0.2, -0.15) is 0 Å². The molecule has 1 aliphatic carbocycles. The van der Waals surface area contributed by atoms with E-state index in [-0.39, 0.29) is 17.7 Å². The van der Waals surface area contributed by atoms with Crippen LogP contribution in [0.4, 0.5) is 0 Å². The van der Waals surface area contributed by atoms with Crippen molar-refractivity contribution in [3.05, 3.63) is 65.2 Å². The predicted octanol–water partition coefficient (Wildman–Crippen LogP) is 5.12. The van der Waals surface area contributed by atoms with Crippen molar-refractivity contribution < 1.29 is 14.3 Å². The van der Waals surface area contributed by atoms with Crippen LogP contribution in [0.1, 0.15) is 65.3 Å². The van der Waals surface area contributed by atoms with Crippen LogP contribution in [0.3, 0.4) is 0 Å². The number of nitrogens with zero attached hydrogens (tertiary/aromatic N) is 1. The van der Waals surface area contributed by atoms with E-state index in [9.17, 15) is 9.59 Å². The van der Waals surface area contributed by atoms with Gasteiger partial charge in [0.1, 0.15) is 5.75 Å². The van der Waals surface area contributed by atoms with E-state index < -0.39 is 0 Å². The molecule has 2 aromatic carbocycles. The molecule has 0 saturated heterocycles. The molecule has 2 amide bonds. The van der Waals surface area contributed by atoms with Gasteiger partial charge in [-0.1, -0.05) is 50.5 Å². The van der Waals surface area contributed by atoms with Crippen molar-refractivity contribution in [1.82, 2.24) is 4.90 Å². The second-order valence-electron chi connectivity index (χ2n) is 8.54. The summed E-state index contributed by atoms with van der Waals surface area (Å²) in [6.07, 6.45) is 7.35. The van der Waals surface area contributed by atoms with Gasteiger partial charge in [-0.3, -0.25) is 14.5 Å². The molecule has 1 aliphatic heterocycles. The van der Waals surface area contributed by atoms with Gasteiger partial charge in [0, 0.05) is 6.54 Å². The SMILES string of the molecule is C[C@H](Cc1cccc(OCC2CCCCC2)c1)CN1C(=O)c2ccccc2C1=O. The van der Waals surface area contributed by atoms with Gasteiger partial charge in [0.15, 0.2) is 0 Å². The lowest BCUT2D eigenvalue weighted by atomic mass is 9.90. The summed E-state index contributed by atoms with van der Waals surface area (Å²) in [5.41, 5.74) is 2.21. The smallest absolute Gasteiger partial charge is 0.261 e. The van der Waals surface area contributed by atoms with Crippen LogP contribution in [0, 0.1) is 11.8 Å². The maximum Gasteiger partial charge on any atom is 0.261 e. The van der Waals surface area contributed by atoms with Crippen LogP contribution in [0.2, 0.25) is 0 Å². The summed E-state index contributed by atoms with van der Waals surface area (Å²) in [5.74, 6) is 1.41. The van der Waals surface area contributed by atoms with Crippen molar-refractivity contribution >= 4 is 11.8 Å². The highest BCUT2D eigenvalue weighted by molar-refractivity contribution is 6.21. The van der Waals surface area contributed by atoms with E-state index >= 15 is 0 Å². The predicted molar refractivity (Wildman–Crippen MR) is 113 cm³/mol. The summed E-state index contributed by atoms with van der Waals surface area (Å²) >= 11 is 0. The Morgan fingerprint density at radius 1 is 0.966 bits per heavy atom. The monoisotopic (exact) mass is 391 g/mol. The first-order valence-electron chi connectivity index (χ1n) is 10.8. The fraction of sp³-hybridized carbons (Fsp3) is 0.440. The largest absolute Gasteiger partial charge is 0.493 e. The third-order valence-electron chi connectivity index (χ3n) is 6.07. The Balaban J connectivity index is 1.33. The van der Waals surface area contributed by atoms with Crippen molar-refractivity contribution in [2.45, 2.75) is 45.4 Å². The molecule has 29 heavy (non-hydrogen) atoms. The zero-order valence-corrected chi connectivity index (χ0v) is 17.1. The number of ether oxygens (including phenoxy) is 1. The lowest BCUT2D eigenvalue weighted by Crippen LogP contribution is -2.34. The standard InChI is InChI=1S/C25H29NO3/c1-18(16-26-24(27)22-12-5-6-13-23(22)25(26)28)14-20-10-7-11-21(15-20)29-17-19-8-3-2-4-9-19/h5-7,10-13,15,18-19H,2-4,8-9,14,16-17H2,1H3/t18-/m1/s1. The minimum atomic E-state index is -0.179. The molecule has 4 rings (SSSR count). The second-order valence-corrected chi connectivity index (χ2v) is 8.54. The molecule has 0 N–H and O–H groups in total. The summed E-state index contributed by atoms with van der Waals surface area (Å²) in [7, 11) is 0. The first kappa shape index (κ1) is 19.7. The number of fused-ring (bicyclic) bond motifs is 1. The number of hydrogen-bond donors (Lipinski definition) is 0. The lowest BCUT2D eigenvalue weighted by Gasteiger charge is -2.22. The Kier molecular flexibility index (Phi) is 5.98. The van der Waals surface area contributed by atoms with Crippen molar-refractivity contribution in [2.24, 2.45) is 11.8 Å². The van der Waals surface area contributed by atoms with Gasteiger partial charge in [-0.15, -0.1) is 0 Å². The highest BCUT2D eigenvalue weighted by Crippen LogP contribution is 2.26. The van der Waals surface area contributed by atoms with Crippen LogP contribution in [-0.4, -0.2) is 29.9 Å². The molecule has 0 unspecified atom stereocenters. The fourth-order valence-electron chi connectivity index (χ4n) is 4.51. The van der Waals surface area contributed by atoms with E-state index in [1.165, 1.54) is 42.6 Å². The van der Waals surface area contributed by atoms with E-state index in [2.05, 4.69) is 19.1 Å². The Hall–Kier alpha value is -2.62. The molecular weight excluding hydrogens is 362 g/mol. The minimum absolute atomic E-state index is 0.172. The minimum Gasteiger partial charge on any atom is -0.493 e. The van der Waals surface area contributed by atoms with Crippen LogP contribution in [0.25, 0.3) is 0 Å². The summed E-state index contributed by atoms with van der Waals surface area (Å²) in [6.45, 7) is 3.31. The average Bonchev–Trinajstić information content (AvgIpc) is 2.98. The van der Waals surface area contributed by atoms with Crippen LogP contribution in [0.15, 0.2) is 48.5 Å². The summed E-state index contributed by atoms with van der Waals surface area (Å²) < 4.78 is 6.06. The second kappa shape index (κ2) is 8.81. The molecule has 0 spiro atoms. The van der Waals surface area contributed by atoms with Gasteiger partial charge in [-0.25, -0.2) is 0 Å². The van der Waals surface area contributed by atoms with Crippen LogP contribution in [0.5, 0.6) is 5.75 Å². The van der Waals surface area contributed by atoms with E-state index in [0.29, 0.717) is 23.6 Å². The third-order valence-corrected chi connectivity index (χ3v) is 6.07. The first-order chi connectivity index (χ1) is 14.1. The number of benzene rings is 2. The van der Waals surface area contributed by atoms with Crippen LogP contribution < -0.4 is 4.74 Å². The summed E-state index contributed by atoms with van der Waals surface area (Å²) in [5, 5.41) is 0. The van der Waals surface area contributed by atoms with Gasteiger partial charge < -0.3 is 4.74 Å². The molecule has 1 fully saturated rings. The molecule has 2 aromatic rings. The highest BCUT2D eigenvalue weighted by atomic mass is 16.5. The average molecular weight is 392 g/mol. The van der Waals surface area contributed by atoms with Crippen molar-refractivity contribution in [3.8, 4) is 5.75 Å². The molecule has 0 radical (unpaired) electrons. The zero-order chi connectivity index (χ0) is 20.2. The molecule has 4 heteroatoms. The molecule has 2 aliphatic rings. The Labute approximate surface area is 172 Å². The van der Waals surface area contributed by atoms with Crippen LogP contribution in [-0.2, 0) is 6.42 Å². The molecule has 152 valence electrons. The fourth-order valence-corrected chi connectivity index (χ4v) is 4.51. The molecule has 1 saturated carbocycles. The third kappa shape index (κ3) is 4.52. The normalized spacial score (nSPS) is 18.0. The molecule has 0 aromatic heterocycles. The number of hydrogen-bond acceptors (Lipinski definition) is 3. The Morgan fingerprint density at radius 3 is 2.34 bits per heavy atom. The van der Waals surface area contributed by atoms with Gasteiger partial charge in [0.2, 0.25) is 0 Å². The highest BCUT2D eigenvalue weighted by Gasteiger charge is 2.35. The van der Waals surface area contributed by atoms with Gasteiger partial charge in [0.25, 0.3) is 11.8 Å². The lowest BCUT2D eigenvalue weighted by molar-refractivity contribution is 0.0632. The van der Waals surface area contributed by atoms with Gasteiger partial charge in [0.05, 0.1) is 17.7 Å². The number of carbonyl (C=O) groups is 2. The summed E-state index contributed by atoms with van der Waals surface area (Å²) in [6, 6.07) is 15.3. The zero-order valence-electron chi connectivity index (χ0n) is 17.1. The number of rotatable bonds is 7. The molecule has 4 nitrogen and oxygen atoms in total. The molecular formula is C25H29NO3. The Bertz CT molecular complexity index is 850. The number of imide groups is 1. The van der Waals surface area contributed by atoms with Gasteiger partial charge >= 0.3 is 0 Å². The number of carbonyl (C=O) groups excluding carboxylic acids is 2. The maximum atomic E-state index is 12.6. The topological polar surface area (TPSA) is 46.6 Å². The molecule has 1 atom stereocenters. The first-order valence-corrected chi connectivity index (χ1v) is 10.8.